The summed E-state index contributed by atoms with van der Waals surface area (Å²) in [6.07, 6.45) is 1.11. The van der Waals surface area contributed by atoms with Crippen molar-refractivity contribution in [3.63, 3.8) is 0 Å². The van der Waals surface area contributed by atoms with E-state index in [1.807, 2.05) is 13.8 Å². The zero-order valence-corrected chi connectivity index (χ0v) is 8.84. The van der Waals surface area contributed by atoms with Gasteiger partial charge in [0.15, 0.2) is 5.78 Å². The van der Waals surface area contributed by atoms with E-state index in [4.69, 9.17) is 0 Å². The number of carbonyl (C=O) groups is 1. The summed E-state index contributed by atoms with van der Waals surface area (Å²) >= 11 is 0. The molecule has 0 aromatic heterocycles. The van der Waals surface area contributed by atoms with Gasteiger partial charge in [0.05, 0.1) is 0 Å². The van der Waals surface area contributed by atoms with Crippen molar-refractivity contribution in [2.75, 3.05) is 13.1 Å². The third-order valence-electron chi connectivity index (χ3n) is 2.25. The first-order valence-electron chi connectivity index (χ1n) is 5.11. The fourth-order valence-corrected chi connectivity index (χ4v) is 1.49. The number of Topliss-reactive ketones (excluding diaryl/α,β-unsaturated/α-hetero) is 1. The zero-order chi connectivity index (χ0) is 10.3. The molecule has 1 aliphatic rings. The maximum atomic E-state index is 10.8. The molecule has 0 radical (unpaired) electrons. The van der Waals surface area contributed by atoms with Gasteiger partial charge in [-0.3, -0.25) is 4.79 Å². The lowest BCUT2D eigenvalue weighted by Crippen LogP contribution is -2.37. The normalized spacial score (nSPS) is 20.0. The number of carbonyl (C=O) groups excluding carboxylic acids is 1. The summed E-state index contributed by atoms with van der Waals surface area (Å²) < 4.78 is 0. The summed E-state index contributed by atoms with van der Waals surface area (Å²) in [4.78, 5) is 10.8. The first kappa shape index (κ1) is 12.6. The molecule has 1 rings (SSSR count). The lowest BCUT2D eigenvalue weighted by Gasteiger charge is -2.25. The highest BCUT2D eigenvalue weighted by atomic mass is 16.3. The Bertz CT molecular complexity index is 142. The van der Waals surface area contributed by atoms with Gasteiger partial charge in [-0.25, -0.2) is 0 Å². The molecule has 1 saturated heterocycles. The van der Waals surface area contributed by atoms with Crippen LogP contribution in [0, 0.1) is 5.92 Å². The Hall–Kier alpha value is -0.410. The summed E-state index contributed by atoms with van der Waals surface area (Å²) in [6, 6.07) is 0. The smallest absolute Gasteiger partial charge is 0.158 e. The van der Waals surface area contributed by atoms with Crippen LogP contribution >= 0.6 is 0 Å². The molecule has 3 nitrogen and oxygen atoms in total. The van der Waals surface area contributed by atoms with Gasteiger partial charge < -0.3 is 10.4 Å². The van der Waals surface area contributed by atoms with E-state index in [0.717, 1.165) is 25.9 Å². The maximum absolute atomic E-state index is 10.8. The Balaban J connectivity index is 0.000000671. The van der Waals surface area contributed by atoms with Gasteiger partial charge in [-0.2, -0.15) is 0 Å². The molecular weight excluding hydrogens is 166 g/mol. The third kappa shape index (κ3) is 4.39. The molecule has 0 amide bonds. The van der Waals surface area contributed by atoms with E-state index in [2.05, 4.69) is 5.32 Å². The molecule has 78 valence electrons. The molecule has 1 atom stereocenters. The van der Waals surface area contributed by atoms with Crippen LogP contribution in [0.25, 0.3) is 0 Å². The number of aliphatic hydroxyl groups is 1. The minimum atomic E-state index is -0.725. The van der Waals surface area contributed by atoms with Gasteiger partial charge in [0, 0.05) is 0 Å². The largest absolute Gasteiger partial charge is 0.385 e. The molecule has 1 unspecified atom stereocenters. The number of piperidine rings is 1. The molecule has 2 N–H and O–H groups in total. The minimum Gasteiger partial charge on any atom is -0.385 e. The average Bonchev–Trinajstić information content (AvgIpc) is 2.21. The number of rotatable bonds is 2. The first-order chi connectivity index (χ1) is 6.22. The zero-order valence-electron chi connectivity index (χ0n) is 8.84. The Morgan fingerprint density at radius 3 is 2.23 bits per heavy atom. The number of aliphatic hydroxyl groups excluding tert-OH is 1. The van der Waals surface area contributed by atoms with E-state index in [9.17, 15) is 9.90 Å². The SMILES string of the molecule is CC.CC(=O)C(O)C1CCNCC1. The van der Waals surface area contributed by atoms with E-state index in [1.165, 1.54) is 6.92 Å². The lowest BCUT2D eigenvalue weighted by atomic mass is 9.90. The molecule has 1 heterocycles. The van der Waals surface area contributed by atoms with Crippen molar-refractivity contribution in [3.8, 4) is 0 Å². The van der Waals surface area contributed by atoms with Crippen molar-refractivity contribution >= 4 is 5.78 Å². The van der Waals surface area contributed by atoms with E-state index in [-0.39, 0.29) is 11.7 Å². The van der Waals surface area contributed by atoms with Crippen LogP contribution in [-0.2, 0) is 4.79 Å². The van der Waals surface area contributed by atoms with Gasteiger partial charge in [-0.05, 0) is 38.8 Å². The highest BCUT2D eigenvalue weighted by Gasteiger charge is 2.24. The number of ketones is 1. The van der Waals surface area contributed by atoms with E-state index < -0.39 is 6.10 Å². The Labute approximate surface area is 80.5 Å². The van der Waals surface area contributed by atoms with Gasteiger partial charge in [-0.1, -0.05) is 13.8 Å². The van der Waals surface area contributed by atoms with Gasteiger partial charge in [-0.15, -0.1) is 0 Å². The van der Waals surface area contributed by atoms with Crippen LogP contribution in [0.5, 0.6) is 0 Å². The van der Waals surface area contributed by atoms with Gasteiger partial charge in [0.25, 0.3) is 0 Å². The Morgan fingerprint density at radius 2 is 1.85 bits per heavy atom. The lowest BCUT2D eigenvalue weighted by molar-refractivity contribution is -0.128. The van der Waals surface area contributed by atoms with Crippen LogP contribution in [-0.4, -0.2) is 30.1 Å². The number of hydrogen-bond acceptors (Lipinski definition) is 3. The highest BCUT2D eigenvalue weighted by Crippen LogP contribution is 2.16. The molecule has 0 saturated carbocycles. The van der Waals surface area contributed by atoms with Crippen LogP contribution in [0.2, 0.25) is 0 Å². The molecule has 3 heteroatoms. The summed E-state index contributed by atoms with van der Waals surface area (Å²) in [6.45, 7) is 7.30. The van der Waals surface area contributed by atoms with Crippen molar-refractivity contribution in [2.24, 2.45) is 5.92 Å². The van der Waals surface area contributed by atoms with Crippen LogP contribution in [0.3, 0.4) is 0 Å². The van der Waals surface area contributed by atoms with E-state index in [0.29, 0.717) is 0 Å². The van der Waals surface area contributed by atoms with E-state index >= 15 is 0 Å². The molecular formula is C10H21NO2. The van der Waals surface area contributed by atoms with Crippen LogP contribution < -0.4 is 5.32 Å². The summed E-state index contributed by atoms with van der Waals surface area (Å²) in [5.41, 5.74) is 0. The number of hydrogen-bond donors (Lipinski definition) is 2. The maximum Gasteiger partial charge on any atom is 0.158 e. The van der Waals surface area contributed by atoms with Crippen LogP contribution in [0.1, 0.15) is 33.6 Å². The predicted molar refractivity (Wildman–Crippen MR) is 53.6 cm³/mol. The molecule has 0 aliphatic carbocycles. The van der Waals surface area contributed by atoms with Crippen molar-refractivity contribution in [1.29, 1.82) is 0 Å². The molecule has 1 fully saturated rings. The second kappa shape index (κ2) is 7.04. The summed E-state index contributed by atoms with van der Waals surface area (Å²) in [5, 5.41) is 12.6. The standard InChI is InChI=1S/C8H15NO2.C2H6/c1-6(10)8(11)7-2-4-9-5-3-7;1-2/h7-9,11H,2-5H2,1H3;1-2H3. The molecule has 0 bridgehead atoms. The second-order valence-electron chi connectivity index (χ2n) is 3.14. The van der Waals surface area contributed by atoms with Crippen molar-refractivity contribution in [1.82, 2.24) is 5.32 Å². The first-order valence-corrected chi connectivity index (χ1v) is 5.11. The fraction of sp³-hybridized carbons (Fsp3) is 0.900. The molecule has 0 aromatic carbocycles. The second-order valence-corrected chi connectivity index (χ2v) is 3.14. The highest BCUT2D eigenvalue weighted by molar-refractivity contribution is 5.80. The van der Waals surface area contributed by atoms with Crippen LogP contribution in [0.15, 0.2) is 0 Å². The van der Waals surface area contributed by atoms with Crippen molar-refractivity contribution in [3.05, 3.63) is 0 Å². The van der Waals surface area contributed by atoms with Crippen molar-refractivity contribution in [2.45, 2.75) is 39.7 Å². The Morgan fingerprint density at radius 1 is 1.38 bits per heavy atom. The Kier molecular flexibility index (Phi) is 6.82. The number of nitrogens with one attached hydrogen (secondary N) is 1. The van der Waals surface area contributed by atoms with E-state index in [1.54, 1.807) is 0 Å². The molecule has 13 heavy (non-hydrogen) atoms. The minimum absolute atomic E-state index is 0.100. The van der Waals surface area contributed by atoms with Crippen LogP contribution in [0.4, 0.5) is 0 Å². The quantitative estimate of drug-likeness (QED) is 0.677. The van der Waals surface area contributed by atoms with Gasteiger partial charge >= 0.3 is 0 Å². The average molecular weight is 187 g/mol. The third-order valence-corrected chi connectivity index (χ3v) is 2.25. The summed E-state index contributed by atoms with van der Waals surface area (Å²) in [7, 11) is 0. The van der Waals surface area contributed by atoms with Crippen molar-refractivity contribution < 1.29 is 9.90 Å². The predicted octanol–water partition coefficient (Wildman–Crippen LogP) is 0.962. The molecule has 1 aliphatic heterocycles. The fourth-order valence-electron chi connectivity index (χ4n) is 1.49. The molecule has 0 spiro atoms. The van der Waals surface area contributed by atoms with Gasteiger partial charge in [0.1, 0.15) is 6.10 Å². The van der Waals surface area contributed by atoms with Gasteiger partial charge in [0.2, 0.25) is 0 Å². The summed E-state index contributed by atoms with van der Waals surface area (Å²) in [5.74, 6) is 0.0886. The monoisotopic (exact) mass is 187 g/mol. The topological polar surface area (TPSA) is 49.3 Å². The molecule has 0 aromatic rings.